The number of ether oxygens (including phenoxy) is 4. The first-order chi connectivity index (χ1) is 15.8. The summed E-state index contributed by atoms with van der Waals surface area (Å²) in [6.45, 7) is 1.87. The third-order valence-electron chi connectivity index (χ3n) is 5.55. The molecule has 9 nitrogen and oxygen atoms in total. The van der Waals surface area contributed by atoms with Crippen LogP contribution >= 0.6 is 0 Å². The van der Waals surface area contributed by atoms with Gasteiger partial charge in [-0.05, 0) is 37.3 Å². The number of imide groups is 1. The summed E-state index contributed by atoms with van der Waals surface area (Å²) in [5.41, 5.74) is 1.74. The van der Waals surface area contributed by atoms with Crippen molar-refractivity contribution in [1.82, 2.24) is 4.90 Å². The van der Waals surface area contributed by atoms with Crippen LogP contribution in [0.2, 0.25) is 0 Å². The Bertz CT molecular complexity index is 1020. The lowest BCUT2D eigenvalue weighted by Gasteiger charge is -2.30. The van der Waals surface area contributed by atoms with Gasteiger partial charge in [0.05, 0.1) is 32.9 Å². The van der Waals surface area contributed by atoms with E-state index in [1.54, 1.807) is 24.3 Å². The molecule has 33 heavy (non-hydrogen) atoms. The van der Waals surface area contributed by atoms with Crippen molar-refractivity contribution in [1.29, 1.82) is 0 Å². The minimum absolute atomic E-state index is 0.0500. The van der Waals surface area contributed by atoms with Crippen molar-refractivity contribution >= 4 is 23.4 Å². The van der Waals surface area contributed by atoms with Crippen LogP contribution in [0.15, 0.2) is 42.5 Å². The first kappa shape index (κ1) is 24.2. The molecule has 0 N–H and O–H groups in total. The lowest BCUT2D eigenvalue weighted by molar-refractivity contribution is -0.128. The summed E-state index contributed by atoms with van der Waals surface area (Å²) < 4.78 is 21.1. The van der Waals surface area contributed by atoms with Crippen LogP contribution in [-0.4, -0.2) is 69.9 Å². The largest absolute Gasteiger partial charge is 0.493 e. The minimum atomic E-state index is -1.01. The van der Waals surface area contributed by atoms with Gasteiger partial charge in [0.2, 0.25) is 5.91 Å². The molecule has 176 valence electrons. The van der Waals surface area contributed by atoms with E-state index >= 15 is 0 Å². The monoisotopic (exact) mass is 456 g/mol. The highest BCUT2D eigenvalue weighted by atomic mass is 16.7. The quantitative estimate of drug-likeness (QED) is 0.422. The molecule has 0 radical (unpaired) electrons. The molecule has 1 aliphatic heterocycles. The van der Waals surface area contributed by atoms with E-state index in [-0.39, 0.29) is 24.4 Å². The molecule has 0 aliphatic carbocycles. The van der Waals surface area contributed by atoms with Crippen molar-refractivity contribution in [3.63, 3.8) is 0 Å². The number of anilines is 1. The van der Waals surface area contributed by atoms with Gasteiger partial charge in [0.15, 0.2) is 17.8 Å². The van der Waals surface area contributed by atoms with Gasteiger partial charge in [-0.25, -0.2) is 4.90 Å². The van der Waals surface area contributed by atoms with Crippen LogP contribution in [0.4, 0.5) is 5.69 Å². The third-order valence-corrected chi connectivity index (χ3v) is 5.55. The van der Waals surface area contributed by atoms with E-state index < -0.39 is 24.1 Å². The van der Waals surface area contributed by atoms with Crippen molar-refractivity contribution < 1.29 is 33.3 Å². The zero-order chi connectivity index (χ0) is 24.1. The number of nitrogens with zero attached hydrogens (tertiary/aromatic N) is 2. The van der Waals surface area contributed by atoms with E-state index in [4.69, 9.17) is 18.9 Å². The Labute approximate surface area is 192 Å². The van der Waals surface area contributed by atoms with Crippen molar-refractivity contribution in [2.45, 2.75) is 25.7 Å². The number of rotatable bonds is 9. The summed E-state index contributed by atoms with van der Waals surface area (Å²) in [6, 6.07) is 10.8. The molecule has 0 bridgehead atoms. The predicted molar refractivity (Wildman–Crippen MR) is 120 cm³/mol. The number of aryl methyl sites for hydroxylation is 1. The van der Waals surface area contributed by atoms with E-state index in [9.17, 15) is 14.4 Å². The van der Waals surface area contributed by atoms with Gasteiger partial charge in [-0.1, -0.05) is 17.7 Å². The Morgan fingerprint density at radius 1 is 1.00 bits per heavy atom. The zero-order valence-corrected chi connectivity index (χ0v) is 19.4. The average molecular weight is 456 g/mol. The second-order valence-corrected chi connectivity index (χ2v) is 7.55. The molecule has 1 atom stereocenters. The van der Waals surface area contributed by atoms with Crippen LogP contribution in [0, 0.1) is 6.92 Å². The third kappa shape index (κ3) is 4.99. The van der Waals surface area contributed by atoms with Crippen molar-refractivity contribution in [2.75, 3.05) is 39.9 Å². The van der Waals surface area contributed by atoms with E-state index in [1.165, 1.54) is 39.4 Å². The van der Waals surface area contributed by atoms with Gasteiger partial charge in [0.25, 0.3) is 11.8 Å². The van der Waals surface area contributed by atoms with Crippen LogP contribution in [0.3, 0.4) is 0 Å². The Morgan fingerprint density at radius 3 is 2.21 bits per heavy atom. The van der Waals surface area contributed by atoms with Gasteiger partial charge in [-0.15, -0.1) is 0 Å². The van der Waals surface area contributed by atoms with Crippen molar-refractivity contribution in [2.24, 2.45) is 0 Å². The Hall–Kier alpha value is -3.43. The van der Waals surface area contributed by atoms with Crippen LogP contribution in [0.25, 0.3) is 0 Å². The highest BCUT2D eigenvalue weighted by Crippen LogP contribution is 2.31. The van der Waals surface area contributed by atoms with E-state index in [2.05, 4.69) is 0 Å². The van der Waals surface area contributed by atoms with Crippen LogP contribution in [0.5, 0.6) is 11.5 Å². The second-order valence-electron chi connectivity index (χ2n) is 7.55. The number of benzene rings is 2. The number of hydrogen-bond donors (Lipinski definition) is 0. The molecule has 1 unspecified atom stereocenters. The number of methoxy groups -OCH3 is 4. The molecule has 9 heteroatoms. The number of hydrogen-bond acceptors (Lipinski definition) is 7. The molecule has 3 amide bonds. The SMILES string of the molecule is COc1ccc(C(=O)N(CC(OC)OC)C2CC(=O)N(c3ccc(C)cc3)C2=O)cc1OC. The zero-order valence-electron chi connectivity index (χ0n) is 19.4. The fraction of sp³-hybridized carbons (Fsp3) is 0.375. The Kier molecular flexibility index (Phi) is 7.67. The van der Waals surface area contributed by atoms with Crippen molar-refractivity contribution in [3.05, 3.63) is 53.6 Å². The predicted octanol–water partition coefficient (Wildman–Crippen LogP) is 2.41. The first-order valence-electron chi connectivity index (χ1n) is 10.4. The molecule has 1 aliphatic rings. The standard InChI is InChI=1S/C24H28N2O7/c1-15-6-9-17(10-7-15)26-21(27)13-18(24(26)29)25(14-22(32-4)33-5)23(28)16-8-11-19(30-2)20(12-16)31-3/h6-12,18,22H,13-14H2,1-5H3. The molecule has 2 aromatic carbocycles. The summed E-state index contributed by atoms with van der Waals surface area (Å²) in [5.74, 6) is -0.501. The molecule has 0 spiro atoms. The van der Waals surface area contributed by atoms with Gasteiger partial charge in [-0.3, -0.25) is 14.4 Å². The summed E-state index contributed by atoms with van der Waals surface area (Å²) >= 11 is 0. The maximum absolute atomic E-state index is 13.5. The van der Waals surface area contributed by atoms with Gasteiger partial charge in [-0.2, -0.15) is 0 Å². The van der Waals surface area contributed by atoms with Crippen LogP contribution in [0.1, 0.15) is 22.3 Å². The normalized spacial score (nSPS) is 15.8. The molecule has 1 fully saturated rings. The molecule has 3 rings (SSSR count). The lowest BCUT2D eigenvalue weighted by atomic mass is 10.1. The fourth-order valence-corrected chi connectivity index (χ4v) is 3.72. The molecular formula is C24H28N2O7. The topological polar surface area (TPSA) is 94.6 Å². The first-order valence-corrected chi connectivity index (χ1v) is 10.4. The van der Waals surface area contributed by atoms with Crippen LogP contribution in [-0.2, 0) is 19.1 Å². The highest BCUT2D eigenvalue weighted by molar-refractivity contribution is 6.23. The van der Waals surface area contributed by atoms with E-state index in [1.807, 2.05) is 19.1 Å². The average Bonchev–Trinajstić information content (AvgIpc) is 3.13. The van der Waals surface area contributed by atoms with Gasteiger partial charge in [0.1, 0.15) is 6.04 Å². The minimum Gasteiger partial charge on any atom is -0.493 e. The van der Waals surface area contributed by atoms with Crippen molar-refractivity contribution in [3.8, 4) is 11.5 Å². The van der Waals surface area contributed by atoms with Gasteiger partial charge < -0.3 is 23.8 Å². The highest BCUT2D eigenvalue weighted by Gasteiger charge is 2.45. The fourth-order valence-electron chi connectivity index (χ4n) is 3.72. The summed E-state index contributed by atoms with van der Waals surface area (Å²) in [7, 11) is 5.84. The molecule has 1 saturated heterocycles. The molecular weight excluding hydrogens is 428 g/mol. The van der Waals surface area contributed by atoms with E-state index in [0.717, 1.165) is 10.5 Å². The number of amides is 3. The Morgan fingerprint density at radius 2 is 1.64 bits per heavy atom. The maximum Gasteiger partial charge on any atom is 0.257 e. The van der Waals surface area contributed by atoms with Gasteiger partial charge >= 0.3 is 0 Å². The smallest absolute Gasteiger partial charge is 0.257 e. The summed E-state index contributed by atoms with van der Waals surface area (Å²) in [4.78, 5) is 42.1. The van der Waals surface area contributed by atoms with Gasteiger partial charge in [0, 0.05) is 19.8 Å². The Balaban J connectivity index is 1.97. The van der Waals surface area contributed by atoms with Crippen LogP contribution < -0.4 is 14.4 Å². The molecule has 1 heterocycles. The summed E-state index contributed by atoms with van der Waals surface area (Å²) in [5, 5.41) is 0. The lowest BCUT2D eigenvalue weighted by Crippen LogP contribution is -2.49. The molecule has 2 aromatic rings. The van der Waals surface area contributed by atoms with E-state index in [0.29, 0.717) is 17.2 Å². The molecule has 0 aromatic heterocycles. The maximum atomic E-state index is 13.5. The number of carbonyl (C=O) groups excluding carboxylic acids is 3. The second kappa shape index (κ2) is 10.5. The number of carbonyl (C=O) groups is 3. The molecule has 0 saturated carbocycles. The summed E-state index contributed by atoms with van der Waals surface area (Å²) in [6.07, 6.45) is -0.934.